The summed E-state index contributed by atoms with van der Waals surface area (Å²) in [6.45, 7) is 0. The zero-order valence-corrected chi connectivity index (χ0v) is 3.83. The third-order valence-corrected chi connectivity index (χ3v) is 0.756. The predicted octanol–water partition coefficient (Wildman–Crippen LogP) is -0.0594. The van der Waals surface area contributed by atoms with Gasteiger partial charge in [-0.05, 0) is 12.1 Å². The number of rotatable bonds is 0. The summed E-state index contributed by atoms with van der Waals surface area (Å²) in [5.41, 5.74) is 0. The van der Waals surface area contributed by atoms with Crippen LogP contribution in [0.25, 0.3) is 0 Å². The van der Waals surface area contributed by atoms with Crippen molar-refractivity contribution in [3.8, 4) is 5.75 Å². The minimum atomic E-state index is 0. The van der Waals surface area contributed by atoms with Crippen molar-refractivity contribution in [1.82, 2.24) is 0 Å². The summed E-state index contributed by atoms with van der Waals surface area (Å²) in [5.74, 6) is 0.322. The van der Waals surface area contributed by atoms with E-state index in [4.69, 9.17) is 5.11 Å². The van der Waals surface area contributed by atoms with Crippen molar-refractivity contribution < 1.29 is 5.11 Å². The van der Waals surface area contributed by atoms with Gasteiger partial charge < -0.3 is 5.11 Å². The van der Waals surface area contributed by atoms with E-state index >= 15 is 0 Å². The molecule has 0 radical (unpaired) electrons. The van der Waals surface area contributed by atoms with Gasteiger partial charge in [0.1, 0.15) is 5.75 Å². The van der Waals surface area contributed by atoms with Crippen molar-refractivity contribution >= 4 is 17.6 Å². The number of hydrogen-bond acceptors (Lipinski definition) is 1. The molecule has 0 heterocycles. The molecule has 0 saturated heterocycles. The van der Waals surface area contributed by atoms with E-state index in [2.05, 4.69) is 0 Å². The van der Waals surface area contributed by atoms with Crippen molar-refractivity contribution in [2.24, 2.45) is 0 Å². The van der Waals surface area contributed by atoms with Crippen LogP contribution in [0.15, 0.2) is 30.3 Å². The van der Waals surface area contributed by atoms with Gasteiger partial charge in [-0.2, -0.15) is 0 Å². The monoisotopic (exact) mass is 172 g/mol. The van der Waals surface area contributed by atoms with Crippen LogP contribution < -0.4 is 0 Å². The van der Waals surface area contributed by atoms with Crippen LogP contribution in [0, 0.1) is 0 Å². The molecule has 0 spiro atoms. The van der Waals surface area contributed by atoms with E-state index in [9.17, 15) is 0 Å². The zero-order chi connectivity index (χ0) is 5.11. The van der Waals surface area contributed by atoms with Crippen LogP contribution in [0.3, 0.4) is 0 Å². The molecule has 44 valence electrons. The van der Waals surface area contributed by atoms with Crippen molar-refractivity contribution in [1.29, 1.82) is 0 Å². The van der Waals surface area contributed by atoms with E-state index in [1.165, 1.54) is 0 Å². The fourth-order valence-corrected chi connectivity index (χ4v) is 0.428. The molecule has 8 heavy (non-hydrogen) atoms. The first kappa shape index (κ1) is 7.56. The van der Waals surface area contributed by atoms with Crippen LogP contribution in [0.4, 0.5) is 0 Å². The number of phenolic OH excluding ortho intramolecular Hbond substituents is 1. The fourth-order valence-electron chi connectivity index (χ4n) is 0.428. The van der Waals surface area contributed by atoms with Crippen LogP contribution in [0.2, 0.25) is 0 Å². The number of phenols is 1. The Balaban J connectivity index is 0.000000490. The van der Waals surface area contributed by atoms with Gasteiger partial charge in [-0.25, -0.2) is 0 Å². The third-order valence-electron chi connectivity index (χ3n) is 0.756. The molecule has 0 aliphatic rings. The quantitative estimate of drug-likeness (QED) is 0.542. The van der Waals surface area contributed by atoms with Crippen molar-refractivity contribution in [2.75, 3.05) is 0 Å². The summed E-state index contributed by atoms with van der Waals surface area (Å²) in [6.07, 6.45) is 0. The molecule has 0 amide bonds. The second kappa shape index (κ2) is 3.55. The van der Waals surface area contributed by atoms with Crippen LogP contribution in [0.5, 0.6) is 5.75 Å². The molecule has 1 rings (SSSR count). The maximum atomic E-state index is 8.63. The van der Waals surface area contributed by atoms with Crippen molar-refractivity contribution in [3.63, 3.8) is 0 Å². The summed E-state index contributed by atoms with van der Waals surface area (Å²) in [5, 5.41) is 8.63. The third kappa shape index (κ3) is 2.02. The van der Waals surface area contributed by atoms with E-state index < -0.39 is 0 Å². The first-order valence-electron chi connectivity index (χ1n) is 2.13. The first-order chi connectivity index (χ1) is 3.39. The Morgan fingerprint density at radius 3 is 1.75 bits per heavy atom. The van der Waals surface area contributed by atoms with Gasteiger partial charge in [-0.1, -0.05) is 18.2 Å². The normalized spacial score (nSPS) is 7.50. The van der Waals surface area contributed by atoms with E-state index in [0.717, 1.165) is 0 Å². The average Bonchev–Trinajstić information content (AvgIpc) is 1.69. The maximum absolute atomic E-state index is 8.63. The van der Waals surface area contributed by atoms with Gasteiger partial charge in [-0.15, -0.1) is 0 Å². The molecule has 0 aliphatic carbocycles. The molecule has 0 aliphatic heterocycles. The molecule has 1 aromatic rings. The van der Waals surface area contributed by atoms with Gasteiger partial charge in [0.15, 0.2) is 0 Å². The molecule has 1 nitrogen and oxygen atoms in total. The second-order valence-corrected chi connectivity index (χ2v) is 1.34. The minimum absolute atomic E-state index is 0. The summed E-state index contributed by atoms with van der Waals surface area (Å²) < 4.78 is 0. The number of para-hydroxylation sites is 1. The Hall–Kier alpha value is -0.437. The Morgan fingerprint density at radius 2 is 1.50 bits per heavy atom. The molecule has 0 atom stereocenters. The van der Waals surface area contributed by atoms with E-state index in [0.29, 0.717) is 5.75 Å². The molecule has 0 bridgehead atoms. The van der Waals surface area contributed by atoms with E-state index in [1.807, 2.05) is 6.07 Å². The standard InChI is InChI=1S/C6H6O.GeH4/c7-6-4-2-1-3-5-6;/h1-5,7H;1H4. The fraction of sp³-hybridized carbons (Fsp3) is 0. The SMILES string of the molecule is Oc1ccccc1.[GeH4]. The molecule has 1 N–H and O–H groups in total. The van der Waals surface area contributed by atoms with Crippen LogP contribution in [-0.2, 0) is 0 Å². The molecule has 0 aromatic heterocycles. The van der Waals surface area contributed by atoms with Gasteiger partial charge in [0.05, 0.1) is 0 Å². The Kier molecular flexibility index (Phi) is 3.36. The van der Waals surface area contributed by atoms with E-state index in [1.54, 1.807) is 24.3 Å². The molecular formula is C6H10GeO. The van der Waals surface area contributed by atoms with Crippen molar-refractivity contribution in [2.45, 2.75) is 0 Å². The molecule has 0 fully saturated rings. The summed E-state index contributed by atoms with van der Waals surface area (Å²) in [6, 6.07) is 8.71. The Labute approximate surface area is 59.3 Å². The Bertz CT molecular complexity index is 138. The molecule has 0 unspecified atom stereocenters. The van der Waals surface area contributed by atoms with E-state index in [-0.39, 0.29) is 17.6 Å². The summed E-state index contributed by atoms with van der Waals surface area (Å²) in [4.78, 5) is 0. The molecular weight excluding hydrogens is 161 g/mol. The zero-order valence-electron chi connectivity index (χ0n) is 3.83. The van der Waals surface area contributed by atoms with Crippen molar-refractivity contribution in [3.05, 3.63) is 30.3 Å². The number of hydrogen-bond donors (Lipinski definition) is 1. The second-order valence-electron chi connectivity index (χ2n) is 1.34. The van der Waals surface area contributed by atoms with Gasteiger partial charge in [0, 0.05) is 0 Å². The van der Waals surface area contributed by atoms with Crippen LogP contribution >= 0.6 is 0 Å². The number of aromatic hydroxyl groups is 1. The topological polar surface area (TPSA) is 20.2 Å². The molecule has 0 saturated carbocycles. The van der Waals surface area contributed by atoms with Gasteiger partial charge in [0.2, 0.25) is 0 Å². The summed E-state index contributed by atoms with van der Waals surface area (Å²) >= 11 is 0. The van der Waals surface area contributed by atoms with Gasteiger partial charge in [-0.3, -0.25) is 0 Å². The predicted molar refractivity (Wildman–Crippen MR) is 39.4 cm³/mol. The Morgan fingerprint density at radius 1 is 1.00 bits per heavy atom. The number of benzene rings is 1. The van der Waals surface area contributed by atoms with Crippen LogP contribution in [0.1, 0.15) is 0 Å². The first-order valence-corrected chi connectivity index (χ1v) is 2.13. The summed E-state index contributed by atoms with van der Waals surface area (Å²) in [7, 11) is 0. The molecule has 1 aromatic carbocycles. The van der Waals surface area contributed by atoms with Gasteiger partial charge >= 0.3 is 17.6 Å². The molecule has 2 heteroatoms. The van der Waals surface area contributed by atoms with Gasteiger partial charge in [0.25, 0.3) is 0 Å². The average molecular weight is 171 g/mol. The van der Waals surface area contributed by atoms with Crippen LogP contribution in [-0.4, -0.2) is 22.7 Å².